The molecule has 0 saturated carbocycles. The molecule has 7 nitrogen and oxygen atoms in total. The SMILES string of the molecule is CCOc1ccc(N2C(=O)CS/C2=C(/C#N)C(=O)Nc2ccccc2OC)cc1. The van der Waals surface area contributed by atoms with Crippen LogP contribution in [0.2, 0.25) is 0 Å². The fourth-order valence-electron chi connectivity index (χ4n) is 2.80. The van der Waals surface area contributed by atoms with Gasteiger partial charge in [0.15, 0.2) is 0 Å². The van der Waals surface area contributed by atoms with E-state index >= 15 is 0 Å². The molecule has 29 heavy (non-hydrogen) atoms. The molecule has 2 amide bonds. The molecule has 0 bridgehead atoms. The minimum absolute atomic E-state index is 0.138. The fourth-order valence-corrected chi connectivity index (χ4v) is 3.81. The first-order chi connectivity index (χ1) is 14.1. The van der Waals surface area contributed by atoms with Gasteiger partial charge < -0.3 is 14.8 Å². The first kappa shape index (κ1) is 20.3. The zero-order valence-corrected chi connectivity index (χ0v) is 16.8. The number of ether oxygens (including phenoxy) is 2. The zero-order chi connectivity index (χ0) is 20.8. The van der Waals surface area contributed by atoms with Crippen molar-refractivity contribution in [3.05, 3.63) is 59.1 Å². The second kappa shape index (κ2) is 9.17. The summed E-state index contributed by atoms with van der Waals surface area (Å²) in [5.74, 6) is 0.490. The van der Waals surface area contributed by atoms with Crippen LogP contribution in [0.3, 0.4) is 0 Å². The number of carbonyl (C=O) groups is 2. The Morgan fingerprint density at radius 2 is 1.97 bits per heavy atom. The van der Waals surface area contributed by atoms with Crippen molar-refractivity contribution in [2.45, 2.75) is 6.92 Å². The van der Waals surface area contributed by atoms with E-state index in [4.69, 9.17) is 9.47 Å². The minimum Gasteiger partial charge on any atom is -0.495 e. The van der Waals surface area contributed by atoms with Gasteiger partial charge in [0.2, 0.25) is 5.91 Å². The van der Waals surface area contributed by atoms with Crippen LogP contribution in [0.15, 0.2) is 59.1 Å². The third-order valence-electron chi connectivity index (χ3n) is 4.10. The molecule has 1 N–H and O–H groups in total. The summed E-state index contributed by atoms with van der Waals surface area (Å²) in [4.78, 5) is 26.7. The number of anilines is 2. The zero-order valence-electron chi connectivity index (χ0n) is 16.0. The summed E-state index contributed by atoms with van der Waals surface area (Å²) in [7, 11) is 1.49. The predicted molar refractivity (Wildman–Crippen MR) is 112 cm³/mol. The van der Waals surface area contributed by atoms with E-state index in [1.807, 2.05) is 13.0 Å². The Bertz CT molecular complexity index is 996. The standard InChI is InChI=1S/C21H19N3O4S/c1-3-28-15-10-8-14(9-11-15)24-19(25)13-29-21(24)16(12-22)20(26)23-17-6-4-5-7-18(17)27-2/h4-11H,3,13H2,1-2H3,(H,23,26)/b21-16-. The van der Waals surface area contributed by atoms with Gasteiger partial charge in [-0.2, -0.15) is 5.26 Å². The summed E-state index contributed by atoms with van der Waals surface area (Å²) in [6.07, 6.45) is 0. The summed E-state index contributed by atoms with van der Waals surface area (Å²) in [6, 6.07) is 15.8. The lowest BCUT2D eigenvalue weighted by Gasteiger charge is -2.19. The van der Waals surface area contributed by atoms with Crippen LogP contribution >= 0.6 is 11.8 Å². The normalized spacial score (nSPS) is 14.9. The lowest BCUT2D eigenvalue weighted by Crippen LogP contribution is -2.27. The van der Waals surface area contributed by atoms with Gasteiger partial charge >= 0.3 is 0 Å². The topological polar surface area (TPSA) is 91.7 Å². The maximum atomic E-state index is 12.8. The van der Waals surface area contributed by atoms with Gasteiger partial charge in [-0.15, -0.1) is 0 Å². The van der Waals surface area contributed by atoms with Crippen molar-refractivity contribution in [3.8, 4) is 17.6 Å². The van der Waals surface area contributed by atoms with Crippen LogP contribution in [0.4, 0.5) is 11.4 Å². The number of thioether (sulfide) groups is 1. The van der Waals surface area contributed by atoms with Gasteiger partial charge in [-0.05, 0) is 43.3 Å². The van der Waals surface area contributed by atoms with Crippen molar-refractivity contribution in [1.82, 2.24) is 0 Å². The quantitative estimate of drug-likeness (QED) is 0.580. The summed E-state index contributed by atoms with van der Waals surface area (Å²) in [5.41, 5.74) is 0.868. The number of hydrogen-bond acceptors (Lipinski definition) is 6. The van der Waals surface area contributed by atoms with Gasteiger partial charge in [0.05, 0.1) is 25.2 Å². The van der Waals surface area contributed by atoms with Crippen molar-refractivity contribution in [1.29, 1.82) is 5.26 Å². The van der Waals surface area contributed by atoms with Crippen molar-refractivity contribution < 1.29 is 19.1 Å². The van der Waals surface area contributed by atoms with Gasteiger partial charge in [0.25, 0.3) is 5.91 Å². The van der Waals surface area contributed by atoms with Crippen molar-refractivity contribution >= 4 is 35.0 Å². The van der Waals surface area contributed by atoms with Gasteiger partial charge in [-0.3, -0.25) is 14.5 Å². The summed E-state index contributed by atoms with van der Waals surface area (Å²) in [6.45, 7) is 2.42. The molecule has 8 heteroatoms. The van der Waals surface area contributed by atoms with Crippen LogP contribution in [-0.4, -0.2) is 31.3 Å². The highest BCUT2D eigenvalue weighted by molar-refractivity contribution is 8.04. The minimum atomic E-state index is -0.606. The first-order valence-electron chi connectivity index (χ1n) is 8.86. The molecule has 3 rings (SSSR count). The molecule has 0 aliphatic carbocycles. The van der Waals surface area contributed by atoms with E-state index in [2.05, 4.69) is 5.32 Å². The molecular formula is C21H19N3O4S. The maximum Gasteiger partial charge on any atom is 0.269 e. The van der Waals surface area contributed by atoms with Crippen molar-refractivity contribution in [2.75, 3.05) is 29.7 Å². The van der Waals surface area contributed by atoms with E-state index in [0.29, 0.717) is 34.5 Å². The van der Waals surface area contributed by atoms with Gasteiger partial charge in [0.1, 0.15) is 28.2 Å². The summed E-state index contributed by atoms with van der Waals surface area (Å²) in [5, 5.41) is 12.6. The number of nitrogens with zero attached hydrogens (tertiary/aromatic N) is 2. The molecule has 1 heterocycles. The highest BCUT2D eigenvalue weighted by Gasteiger charge is 2.33. The molecule has 0 aromatic heterocycles. The number of carbonyl (C=O) groups excluding carboxylic acids is 2. The number of rotatable bonds is 6. The Balaban J connectivity index is 1.93. The molecule has 0 spiro atoms. The van der Waals surface area contributed by atoms with E-state index < -0.39 is 5.91 Å². The molecule has 2 aromatic carbocycles. The van der Waals surface area contributed by atoms with E-state index in [-0.39, 0.29) is 17.2 Å². The molecule has 148 valence electrons. The fraction of sp³-hybridized carbons (Fsp3) is 0.190. The molecule has 0 radical (unpaired) electrons. The largest absolute Gasteiger partial charge is 0.495 e. The molecule has 1 fully saturated rings. The molecule has 1 saturated heterocycles. The molecule has 0 atom stereocenters. The monoisotopic (exact) mass is 409 g/mol. The van der Waals surface area contributed by atoms with Gasteiger partial charge in [-0.1, -0.05) is 23.9 Å². The second-order valence-electron chi connectivity index (χ2n) is 5.89. The first-order valence-corrected chi connectivity index (χ1v) is 9.85. The van der Waals surface area contributed by atoms with Crippen LogP contribution in [0, 0.1) is 11.3 Å². The maximum absolute atomic E-state index is 12.8. The van der Waals surface area contributed by atoms with Crippen LogP contribution in [0.1, 0.15) is 6.92 Å². The Hall–Kier alpha value is -3.44. The number of para-hydroxylation sites is 2. The van der Waals surface area contributed by atoms with E-state index in [9.17, 15) is 14.9 Å². The van der Waals surface area contributed by atoms with Crippen molar-refractivity contribution in [2.24, 2.45) is 0 Å². The van der Waals surface area contributed by atoms with Crippen molar-refractivity contribution in [3.63, 3.8) is 0 Å². The molecule has 1 aliphatic heterocycles. The highest BCUT2D eigenvalue weighted by Crippen LogP contribution is 2.37. The van der Waals surface area contributed by atoms with Crippen LogP contribution in [0.5, 0.6) is 11.5 Å². The smallest absolute Gasteiger partial charge is 0.269 e. The average Bonchev–Trinajstić information content (AvgIpc) is 3.11. The van der Waals surface area contributed by atoms with Gasteiger partial charge in [0, 0.05) is 5.69 Å². The van der Waals surface area contributed by atoms with E-state index in [1.54, 1.807) is 48.5 Å². The highest BCUT2D eigenvalue weighted by atomic mass is 32.2. The number of amides is 2. The number of hydrogen-bond donors (Lipinski definition) is 1. The number of nitriles is 1. The Morgan fingerprint density at radius 1 is 1.24 bits per heavy atom. The van der Waals surface area contributed by atoms with E-state index in [1.165, 1.54) is 12.0 Å². The van der Waals surface area contributed by atoms with Crippen LogP contribution in [-0.2, 0) is 9.59 Å². The lowest BCUT2D eigenvalue weighted by atomic mass is 10.2. The average molecular weight is 409 g/mol. The number of nitrogens with one attached hydrogen (secondary N) is 1. The Labute approximate surface area is 172 Å². The van der Waals surface area contributed by atoms with Crippen LogP contribution < -0.4 is 19.7 Å². The number of methoxy groups -OCH3 is 1. The Morgan fingerprint density at radius 3 is 2.62 bits per heavy atom. The van der Waals surface area contributed by atoms with Gasteiger partial charge in [-0.25, -0.2) is 0 Å². The Kier molecular flexibility index (Phi) is 6.42. The third-order valence-corrected chi connectivity index (χ3v) is 5.15. The predicted octanol–water partition coefficient (Wildman–Crippen LogP) is 3.55. The summed E-state index contributed by atoms with van der Waals surface area (Å²) < 4.78 is 10.7. The number of benzene rings is 2. The lowest BCUT2D eigenvalue weighted by molar-refractivity contribution is -0.115. The van der Waals surface area contributed by atoms with Crippen LogP contribution in [0.25, 0.3) is 0 Å². The molecule has 2 aromatic rings. The molecule has 1 aliphatic rings. The molecule has 0 unspecified atom stereocenters. The van der Waals surface area contributed by atoms with E-state index in [0.717, 1.165) is 11.8 Å². The summed E-state index contributed by atoms with van der Waals surface area (Å²) >= 11 is 1.16. The molecular weight excluding hydrogens is 390 g/mol. The third kappa shape index (κ3) is 4.36. The second-order valence-corrected chi connectivity index (χ2v) is 6.86.